The zero-order valence-corrected chi connectivity index (χ0v) is 35.9. The fourth-order valence-corrected chi connectivity index (χ4v) is 2.96. The predicted octanol–water partition coefficient (Wildman–Crippen LogP) is -2.05. The molecule has 0 bridgehead atoms. The van der Waals surface area contributed by atoms with Crippen LogP contribution in [0.4, 0.5) is 0 Å². The van der Waals surface area contributed by atoms with Crippen molar-refractivity contribution in [2.45, 2.75) is 68.7 Å². The molecule has 0 aliphatic carbocycles. The fraction of sp³-hybridized carbons (Fsp3) is 0.548. The van der Waals surface area contributed by atoms with E-state index in [1.165, 1.54) is 25.6 Å². The van der Waals surface area contributed by atoms with Gasteiger partial charge >= 0.3 is 82.2 Å². The van der Waals surface area contributed by atoms with Crippen LogP contribution < -0.4 is 62.7 Å². The number of oxime groups is 1. The monoisotopic (exact) mass is 786 g/mol. The van der Waals surface area contributed by atoms with Crippen molar-refractivity contribution >= 4 is 71.7 Å². The molecule has 0 fully saturated rings. The Hall–Kier alpha value is -3.47. The number of aryl methyl sites for hydroxylation is 4. The number of ketones is 3. The Labute approximate surface area is 366 Å². The van der Waals surface area contributed by atoms with Crippen LogP contribution in [0.3, 0.4) is 0 Å². The molecular weight excluding hydrogens is 732 g/mol. The van der Waals surface area contributed by atoms with Gasteiger partial charge in [-0.3, -0.25) is 39.8 Å². The number of ether oxygens (including phenoxy) is 3. The average Bonchev–Trinajstić information content (AvgIpc) is 3.57. The molecule has 0 aliphatic rings. The van der Waals surface area contributed by atoms with Gasteiger partial charge in [-0.1, -0.05) is 12.6 Å². The predicted molar refractivity (Wildman–Crippen MR) is 201 cm³/mol. The first-order valence-electron chi connectivity index (χ1n) is 14.7. The van der Waals surface area contributed by atoms with Crippen molar-refractivity contribution in [3.63, 3.8) is 0 Å². The summed E-state index contributed by atoms with van der Waals surface area (Å²) in [5, 5.41) is 16.7. The van der Waals surface area contributed by atoms with Crippen LogP contribution in [-0.4, -0.2) is 125 Å². The van der Waals surface area contributed by atoms with Crippen molar-refractivity contribution < 1.29 is 104 Å². The first-order valence-corrected chi connectivity index (χ1v) is 14.7. The van der Waals surface area contributed by atoms with E-state index >= 15 is 0 Å². The molecule has 4 N–H and O–H groups in total. The summed E-state index contributed by atoms with van der Waals surface area (Å²) in [5.74, 6) is 1.47. The van der Waals surface area contributed by atoms with Gasteiger partial charge in [-0.25, -0.2) is 14.4 Å². The molecule has 0 unspecified atom stereocenters. The number of aromatic nitrogens is 4. The van der Waals surface area contributed by atoms with E-state index < -0.39 is 17.7 Å². The molecule has 0 spiro atoms. The van der Waals surface area contributed by atoms with E-state index in [1.54, 1.807) is 58.7 Å². The summed E-state index contributed by atoms with van der Waals surface area (Å²) >= 11 is 0. The van der Waals surface area contributed by atoms with Gasteiger partial charge in [-0.2, -0.15) is 10.2 Å². The molecule has 0 atom stereocenters. The third-order valence-electron chi connectivity index (χ3n) is 4.69. The van der Waals surface area contributed by atoms with Crippen molar-refractivity contribution in [3.8, 4) is 0 Å². The van der Waals surface area contributed by atoms with Crippen molar-refractivity contribution in [1.29, 1.82) is 5.31 Å². The molecular formula is C31H54B3KN8O11. The molecule has 294 valence electrons. The van der Waals surface area contributed by atoms with Gasteiger partial charge in [-0.05, 0) is 67.6 Å². The fourth-order valence-electron chi connectivity index (χ4n) is 2.96. The number of carbonyl (C=O) groups is 7. The summed E-state index contributed by atoms with van der Waals surface area (Å²) in [4.78, 5) is 79.1. The number of nitrogens with one attached hydrogen (secondary N) is 2. The van der Waals surface area contributed by atoms with Gasteiger partial charge in [0.2, 0.25) is 5.78 Å². The largest absolute Gasteiger partial charge is 1.00 e. The molecule has 19 nitrogen and oxygen atoms in total. The zero-order chi connectivity index (χ0) is 39.8. The second-order valence-corrected chi connectivity index (χ2v) is 9.10. The first-order chi connectivity index (χ1) is 23.5. The van der Waals surface area contributed by atoms with E-state index in [0.717, 1.165) is 17.7 Å². The number of carbonyl (C=O) groups excluding carboxylic acids is 7. The maximum Gasteiger partial charge on any atom is 1.00 e. The Balaban J connectivity index is -0.0000000820. The molecule has 2 aromatic heterocycles. The Bertz CT molecular complexity index is 1390. The minimum Gasteiger partial charge on any atom is 1.00 e. The summed E-state index contributed by atoms with van der Waals surface area (Å²) < 4.78 is 16.9. The molecule has 0 aromatic carbocycles. The maximum absolute atomic E-state index is 11.2. The van der Waals surface area contributed by atoms with Gasteiger partial charge in [-0.15, -0.1) is 0 Å². The minimum absolute atomic E-state index is 0. The quantitative estimate of drug-likeness (QED) is 0.0241. The molecule has 0 saturated carbocycles. The Kier molecular flexibility index (Phi) is 55.8. The zero-order valence-electron chi connectivity index (χ0n) is 32.8. The van der Waals surface area contributed by atoms with Gasteiger partial charge in [0.05, 0.1) is 44.1 Å². The van der Waals surface area contributed by atoms with Gasteiger partial charge in [0.25, 0.3) is 0 Å². The topological polar surface area (TPSA) is 266 Å². The van der Waals surface area contributed by atoms with Crippen molar-refractivity contribution in [2.24, 2.45) is 25.1 Å². The van der Waals surface area contributed by atoms with E-state index in [-0.39, 0.29) is 125 Å². The third kappa shape index (κ3) is 36.9. The van der Waals surface area contributed by atoms with Crippen molar-refractivity contribution in [2.75, 3.05) is 34.0 Å². The second-order valence-electron chi connectivity index (χ2n) is 9.10. The molecule has 0 amide bonds. The number of hydrogen-bond acceptors (Lipinski definition) is 17. The number of Topliss-reactive ketones (excluding diaryl/α,β-unsaturated/α-hetero) is 3. The van der Waals surface area contributed by atoms with Crippen LogP contribution in [0.1, 0.15) is 87.3 Å². The summed E-state index contributed by atoms with van der Waals surface area (Å²) in [5.41, 5.74) is 5.05. The number of hydrazine groups is 1. The van der Waals surface area contributed by atoms with Gasteiger partial charge < -0.3 is 27.5 Å². The van der Waals surface area contributed by atoms with Crippen LogP contribution >= 0.6 is 0 Å². The normalized spacial score (nSPS) is 8.61. The summed E-state index contributed by atoms with van der Waals surface area (Å²) in [6.45, 7) is 12.2. The molecule has 0 saturated heterocycles. The number of hydrogen-bond donors (Lipinski definition) is 3. The SMILES string of the molecule is C.CCOC(=O)/C(CC(C)=O)=N\OC.CCOC(=O)C(=O)CC(C)=O.CCOC(=O)c1cc(C)nn1C.CNN.Cc1cc(C=O)n(C)n1.[B-].[B].[B]=N.[K+]. The standard InChI is InChI=1S/C8H12N2O2.C8H13NO4.C7H10O4.C6H8N2O.CH6N2.CH4.BHN.2B.K/c1-4-12-8(11)7-5-6(2)9-10(7)3;1-4-13-8(11)7(9-12-3)5-6(2)10;1-3-11-7(10)6(9)4-5(2)8;1-5-3-6(4-9)8(2)7-5;1-3-2;;1-2;;;/h5H,4H2,1-3H3;4-5H2,1-3H3;3-4H2,1-2H3;3-4H,1-2H3;3H,2H2,1H3;1H4;2H;;;/q;;;;;;;;-1;+1/b;9-7-;;;;;;;;. The first kappa shape index (κ1) is 68.5. The van der Waals surface area contributed by atoms with Crippen LogP contribution in [0, 0.1) is 19.2 Å². The molecule has 0 aliphatic heterocycles. The molecule has 2 heterocycles. The summed E-state index contributed by atoms with van der Waals surface area (Å²) in [6.07, 6.45) is 0.367. The van der Waals surface area contributed by atoms with E-state index in [2.05, 4.69) is 48.6 Å². The number of rotatable bonds is 12. The Morgan fingerprint density at radius 3 is 1.57 bits per heavy atom. The average molecular weight is 786 g/mol. The summed E-state index contributed by atoms with van der Waals surface area (Å²) in [6, 6.07) is 3.45. The number of nitrogens with zero attached hydrogens (tertiary/aromatic N) is 5. The second kappa shape index (κ2) is 43.9. The van der Waals surface area contributed by atoms with Gasteiger partial charge in [0, 0.05) is 22.5 Å². The number of aldehydes is 1. The molecule has 8 radical (unpaired) electrons. The van der Waals surface area contributed by atoms with Gasteiger partial charge in [0.1, 0.15) is 30.1 Å². The van der Waals surface area contributed by atoms with E-state index in [4.69, 9.17) is 10.0 Å². The third-order valence-corrected chi connectivity index (χ3v) is 4.69. The number of esters is 3. The Morgan fingerprint density at radius 1 is 0.870 bits per heavy atom. The molecule has 23 heteroatoms. The number of nitrogens with two attached hydrogens (primary N) is 1. The minimum atomic E-state index is -0.928. The van der Waals surface area contributed by atoms with E-state index in [1.807, 2.05) is 13.8 Å². The molecule has 2 aromatic rings. The van der Waals surface area contributed by atoms with Gasteiger partial charge in [0.15, 0.2) is 12.0 Å². The van der Waals surface area contributed by atoms with Crippen LogP contribution in [0.2, 0.25) is 0 Å². The molecule has 2 rings (SSSR count). The van der Waals surface area contributed by atoms with Crippen LogP contribution in [0.15, 0.2) is 17.3 Å². The van der Waals surface area contributed by atoms with Crippen molar-refractivity contribution in [3.05, 3.63) is 34.9 Å². The van der Waals surface area contributed by atoms with Crippen LogP contribution in [0.5, 0.6) is 0 Å². The molecule has 54 heavy (non-hydrogen) atoms. The van der Waals surface area contributed by atoms with E-state index in [0.29, 0.717) is 18.0 Å². The maximum atomic E-state index is 11.2. The van der Waals surface area contributed by atoms with Crippen molar-refractivity contribution in [1.82, 2.24) is 25.0 Å². The van der Waals surface area contributed by atoms with Crippen LogP contribution in [-0.2, 0) is 57.1 Å². The van der Waals surface area contributed by atoms with Crippen LogP contribution in [0.25, 0.3) is 0 Å². The summed E-state index contributed by atoms with van der Waals surface area (Å²) in [7, 11) is 10.2. The van der Waals surface area contributed by atoms with E-state index in [9.17, 15) is 33.6 Å². The Morgan fingerprint density at radius 2 is 1.28 bits per heavy atom. The smallest absolute Gasteiger partial charge is 1.00 e.